The minimum atomic E-state index is -1.53. The van der Waals surface area contributed by atoms with E-state index in [0.29, 0.717) is 5.69 Å². The van der Waals surface area contributed by atoms with E-state index in [1.807, 2.05) is 0 Å². The first-order chi connectivity index (χ1) is 11.7. The van der Waals surface area contributed by atoms with E-state index >= 15 is 0 Å². The number of ketones is 1. The summed E-state index contributed by atoms with van der Waals surface area (Å²) >= 11 is 3.27. The fraction of sp³-hybridized carbons (Fsp3) is 0.375. The smallest absolute Gasteiger partial charge is 0.320 e. The summed E-state index contributed by atoms with van der Waals surface area (Å²) < 4.78 is 0.833. The highest BCUT2D eigenvalue weighted by Crippen LogP contribution is 2.29. The Kier molecular flexibility index (Phi) is 5.46. The molecule has 1 aliphatic rings. The van der Waals surface area contributed by atoms with E-state index in [9.17, 15) is 19.2 Å². The van der Waals surface area contributed by atoms with Crippen molar-refractivity contribution in [1.82, 2.24) is 10.6 Å². The van der Waals surface area contributed by atoms with Crippen molar-refractivity contribution in [3.63, 3.8) is 0 Å². The molecule has 1 aliphatic heterocycles. The average Bonchev–Trinajstić information content (AvgIpc) is 2.74. The van der Waals surface area contributed by atoms with Gasteiger partial charge in [-0.1, -0.05) is 29.8 Å². The number of halogens is 1. The minimum Gasteiger partial charge on any atom is -0.481 e. The molecule has 2 rings (SSSR count). The maximum atomic E-state index is 12.7. The molecule has 2 unspecified atom stereocenters. The molecule has 1 aromatic carbocycles. The SMILES string of the molecule is CC(C)C1(CC(=O)O)NC(=O)C(NC(=O)Nc2ccc(Br)cc2)C1=O. The lowest BCUT2D eigenvalue weighted by molar-refractivity contribution is -0.142. The third kappa shape index (κ3) is 3.98. The maximum absolute atomic E-state index is 12.7. The van der Waals surface area contributed by atoms with Crippen molar-refractivity contribution >= 4 is 45.3 Å². The van der Waals surface area contributed by atoms with Crippen LogP contribution in [0, 0.1) is 5.92 Å². The Hall–Kier alpha value is -2.42. The standard InChI is InChI=1S/C16H18BrN3O5/c1-8(2)16(7-11(21)22)13(23)12(14(24)20-16)19-15(25)18-10-5-3-9(17)4-6-10/h3-6,8,12H,7H2,1-2H3,(H,20,24)(H,21,22)(H2,18,19,25). The number of carbonyl (C=O) groups is 4. The van der Waals surface area contributed by atoms with Gasteiger partial charge in [-0.15, -0.1) is 0 Å². The van der Waals surface area contributed by atoms with E-state index in [1.54, 1.807) is 38.1 Å². The number of amides is 3. The predicted octanol–water partition coefficient (Wildman–Crippen LogP) is 1.51. The number of anilines is 1. The van der Waals surface area contributed by atoms with E-state index in [4.69, 9.17) is 5.11 Å². The zero-order valence-electron chi connectivity index (χ0n) is 13.6. The molecule has 1 aromatic rings. The van der Waals surface area contributed by atoms with Gasteiger partial charge in [-0.3, -0.25) is 14.4 Å². The Labute approximate surface area is 152 Å². The van der Waals surface area contributed by atoms with Gasteiger partial charge in [0.25, 0.3) is 5.91 Å². The summed E-state index contributed by atoms with van der Waals surface area (Å²) in [5.41, 5.74) is -1.05. The number of hydrogen-bond acceptors (Lipinski definition) is 4. The van der Waals surface area contributed by atoms with Crippen molar-refractivity contribution in [2.24, 2.45) is 5.92 Å². The fourth-order valence-corrected chi connectivity index (χ4v) is 2.96. The molecule has 9 heteroatoms. The van der Waals surface area contributed by atoms with Gasteiger partial charge in [0.2, 0.25) is 0 Å². The van der Waals surface area contributed by atoms with Crippen LogP contribution in [0.2, 0.25) is 0 Å². The summed E-state index contributed by atoms with van der Waals surface area (Å²) in [6.07, 6.45) is -0.540. The molecular weight excluding hydrogens is 394 g/mol. The van der Waals surface area contributed by atoms with Gasteiger partial charge in [0.1, 0.15) is 5.54 Å². The number of aliphatic carboxylic acids is 1. The van der Waals surface area contributed by atoms with Gasteiger partial charge in [0, 0.05) is 10.2 Å². The highest BCUT2D eigenvalue weighted by Gasteiger charge is 2.55. The molecule has 0 spiro atoms. The van der Waals surface area contributed by atoms with Gasteiger partial charge in [0.15, 0.2) is 11.8 Å². The topological polar surface area (TPSA) is 125 Å². The number of hydrogen-bond donors (Lipinski definition) is 4. The number of rotatable bonds is 5. The normalized spacial score (nSPS) is 22.6. The van der Waals surface area contributed by atoms with E-state index in [-0.39, 0.29) is 0 Å². The van der Waals surface area contributed by atoms with Gasteiger partial charge in [-0.05, 0) is 30.2 Å². The highest BCUT2D eigenvalue weighted by atomic mass is 79.9. The molecule has 2 atom stereocenters. The van der Waals surface area contributed by atoms with Crippen LogP contribution in [-0.4, -0.2) is 40.4 Å². The summed E-state index contributed by atoms with van der Waals surface area (Å²) in [7, 11) is 0. The molecule has 0 aliphatic carbocycles. The molecular formula is C16H18BrN3O5. The number of carboxylic acid groups (broad SMARTS) is 1. The monoisotopic (exact) mass is 411 g/mol. The largest absolute Gasteiger partial charge is 0.481 e. The van der Waals surface area contributed by atoms with Crippen LogP contribution >= 0.6 is 15.9 Å². The molecule has 3 amide bonds. The van der Waals surface area contributed by atoms with Crippen LogP contribution in [0.3, 0.4) is 0 Å². The molecule has 0 saturated carbocycles. The van der Waals surface area contributed by atoms with Gasteiger partial charge < -0.3 is 21.1 Å². The van der Waals surface area contributed by atoms with Gasteiger partial charge >= 0.3 is 12.0 Å². The summed E-state index contributed by atoms with van der Waals surface area (Å²) in [5, 5.41) is 16.4. The zero-order valence-corrected chi connectivity index (χ0v) is 15.2. The van der Waals surface area contributed by atoms with Crippen LogP contribution in [0.1, 0.15) is 20.3 Å². The first-order valence-electron chi connectivity index (χ1n) is 7.57. The minimum absolute atomic E-state index is 0.443. The average molecular weight is 412 g/mol. The van der Waals surface area contributed by atoms with Crippen molar-refractivity contribution < 1.29 is 24.3 Å². The summed E-state index contributed by atoms with van der Waals surface area (Å²) in [6.45, 7) is 3.29. The number of carbonyl (C=O) groups excluding carboxylic acids is 3. The fourth-order valence-electron chi connectivity index (χ4n) is 2.70. The molecule has 0 radical (unpaired) electrons. The number of nitrogens with one attached hydrogen (secondary N) is 3. The molecule has 4 N–H and O–H groups in total. The first kappa shape index (κ1) is 18.9. The molecule has 0 aromatic heterocycles. The molecule has 134 valence electrons. The van der Waals surface area contributed by atoms with Crippen molar-refractivity contribution in [3.05, 3.63) is 28.7 Å². The van der Waals surface area contributed by atoms with Gasteiger partial charge in [-0.2, -0.15) is 0 Å². The van der Waals surface area contributed by atoms with Gasteiger partial charge in [-0.25, -0.2) is 4.79 Å². The van der Waals surface area contributed by atoms with Crippen LogP contribution in [0.25, 0.3) is 0 Å². The lowest BCUT2D eigenvalue weighted by atomic mass is 9.80. The Balaban J connectivity index is 2.12. The van der Waals surface area contributed by atoms with Crippen LogP contribution in [-0.2, 0) is 14.4 Å². The van der Waals surface area contributed by atoms with Gasteiger partial charge in [0.05, 0.1) is 6.42 Å². The molecule has 1 saturated heterocycles. The quantitative estimate of drug-likeness (QED) is 0.546. The number of urea groups is 1. The molecule has 1 fully saturated rings. The van der Waals surface area contributed by atoms with E-state index < -0.39 is 47.6 Å². The van der Waals surface area contributed by atoms with Crippen LogP contribution in [0.5, 0.6) is 0 Å². The van der Waals surface area contributed by atoms with Crippen LogP contribution < -0.4 is 16.0 Å². The molecule has 0 bridgehead atoms. The van der Waals surface area contributed by atoms with Crippen molar-refractivity contribution in [3.8, 4) is 0 Å². The highest BCUT2D eigenvalue weighted by molar-refractivity contribution is 9.10. The molecule has 8 nitrogen and oxygen atoms in total. The molecule has 1 heterocycles. The maximum Gasteiger partial charge on any atom is 0.320 e. The van der Waals surface area contributed by atoms with E-state index in [0.717, 1.165) is 4.47 Å². The third-order valence-corrected chi connectivity index (χ3v) is 4.63. The lowest BCUT2D eigenvalue weighted by Crippen LogP contribution is -2.53. The zero-order chi connectivity index (χ0) is 18.8. The van der Waals surface area contributed by atoms with Crippen LogP contribution in [0.4, 0.5) is 10.5 Å². The van der Waals surface area contributed by atoms with E-state index in [1.165, 1.54) is 0 Å². The summed E-state index contributed by atoms with van der Waals surface area (Å²) in [4.78, 5) is 48.0. The second kappa shape index (κ2) is 7.22. The Bertz CT molecular complexity index is 719. The number of Topliss-reactive ketones (excluding diaryl/α,β-unsaturated/α-hetero) is 1. The van der Waals surface area contributed by atoms with Crippen LogP contribution in [0.15, 0.2) is 28.7 Å². The van der Waals surface area contributed by atoms with Crippen molar-refractivity contribution in [1.29, 1.82) is 0 Å². The summed E-state index contributed by atoms with van der Waals surface area (Å²) in [5.74, 6) is -3.02. The number of carboxylic acids is 1. The second-order valence-electron chi connectivity index (χ2n) is 6.09. The lowest BCUT2D eigenvalue weighted by Gasteiger charge is -2.30. The Morgan fingerprint density at radius 3 is 2.40 bits per heavy atom. The second-order valence-corrected chi connectivity index (χ2v) is 7.00. The number of benzene rings is 1. The predicted molar refractivity (Wildman–Crippen MR) is 93.1 cm³/mol. The Morgan fingerprint density at radius 1 is 1.28 bits per heavy atom. The van der Waals surface area contributed by atoms with E-state index in [2.05, 4.69) is 31.9 Å². The third-order valence-electron chi connectivity index (χ3n) is 4.10. The Morgan fingerprint density at radius 2 is 1.88 bits per heavy atom. The summed E-state index contributed by atoms with van der Waals surface area (Å²) in [6, 6.07) is 4.56. The molecule has 25 heavy (non-hydrogen) atoms. The van der Waals surface area contributed by atoms with Crippen molar-refractivity contribution in [2.75, 3.05) is 5.32 Å². The van der Waals surface area contributed by atoms with Crippen molar-refractivity contribution in [2.45, 2.75) is 31.8 Å². The first-order valence-corrected chi connectivity index (χ1v) is 8.36.